The van der Waals surface area contributed by atoms with Gasteiger partial charge in [0.15, 0.2) is 0 Å². The third-order valence-corrected chi connectivity index (χ3v) is 4.80. The Morgan fingerprint density at radius 2 is 1.95 bits per heavy atom. The van der Waals surface area contributed by atoms with Gasteiger partial charge in [0.25, 0.3) is 0 Å². The number of amides is 1. The number of halogens is 1. The van der Waals surface area contributed by atoms with Crippen LogP contribution in [0, 0.1) is 17.7 Å². The van der Waals surface area contributed by atoms with Crippen molar-refractivity contribution in [3.63, 3.8) is 0 Å². The van der Waals surface area contributed by atoms with Gasteiger partial charge in [-0.25, -0.2) is 4.39 Å². The van der Waals surface area contributed by atoms with Crippen LogP contribution in [0.4, 0.5) is 10.1 Å². The van der Waals surface area contributed by atoms with Crippen LogP contribution in [0.1, 0.15) is 37.7 Å². The van der Waals surface area contributed by atoms with Crippen molar-refractivity contribution < 1.29 is 19.1 Å². The summed E-state index contributed by atoms with van der Waals surface area (Å²) in [5.41, 5.74) is 1.65. The molecule has 118 valence electrons. The average molecular weight is 305 g/mol. The average Bonchev–Trinajstić information content (AvgIpc) is 2.53. The molecule has 0 radical (unpaired) electrons. The number of rotatable bonds is 2. The van der Waals surface area contributed by atoms with Gasteiger partial charge >= 0.3 is 5.97 Å². The summed E-state index contributed by atoms with van der Waals surface area (Å²) in [5.74, 6) is -1.74. The lowest BCUT2D eigenvalue weighted by Crippen LogP contribution is -2.41. The Labute approximate surface area is 128 Å². The number of nitrogens with zero attached hydrogens (tertiary/aromatic N) is 1. The molecule has 1 aromatic rings. The van der Waals surface area contributed by atoms with Gasteiger partial charge in [0.1, 0.15) is 5.82 Å². The van der Waals surface area contributed by atoms with E-state index in [0.29, 0.717) is 19.4 Å². The van der Waals surface area contributed by atoms with E-state index in [9.17, 15) is 14.0 Å². The number of hydrogen-bond acceptors (Lipinski definition) is 2. The van der Waals surface area contributed by atoms with Crippen molar-refractivity contribution in [2.45, 2.75) is 38.5 Å². The second kappa shape index (κ2) is 6.07. The summed E-state index contributed by atoms with van der Waals surface area (Å²) in [7, 11) is 0. The number of fused-ring (bicyclic) bond motifs is 1. The van der Waals surface area contributed by atoms with Crippen LogP contribution in [0.3, 0.4) is 0 Å². The first kappa shape index (κ1) is 15.0. The fraction of sp³-hybridized carbons (Fsp3) is 0.529. The maximum absolute atomic E-state index is 13.3. The molecule has 0 spiro atoms. The molecule has 1 aliphatic heterocycles. The number of hydrogen-bond donors (Lipinski definition) is 1. The van der Waals surface area contributed by atoms with Gasteiger partial charge in [-0.15, -0.1) is 0 Å². The molecular formula is C17H20FNO3. The minimum atomic E-state index is -0.807. The molecule has 2 aliphatic rings. The van der Waals surface area contributed by atoms with Crippen LogP contribution >= 0.6 is 0 Å². The van der Waals surface area contributed by atoms with Crippen molar-refractivity contribution in [1.82, 2.24) is 0 Å². The molecule has 1 N–H and O–H groups in total. The second-order valence-corrected chi connectivity index (χ2v) is 6.27. The van der Waals surface area contributed by atoms with Crippen molar-refractivity contribution >= 4 is 17.6 Å². The summed E-state index contributed by atoms with van der Waals surface area (Å²) in [6, 6.07) is 4.54. The summed E-state index contributed by atoms with van der Waals surface area (Å²) in [5, 5.41) is 9.17. The monoisotopic (exact) mass is 305 g/mol. The lowest BCUT2D eigenvalue weighted by atomic mass is 9.80. The molecule has 3 rings (SSSR count). The zero-order valence-corrected chi connectivity index (χ0v) is 12.4. The zero-order valence-electron chi connectivity index (χ0n) is 12.4. The van der Waals surface area contributed by atoms with Gasteiger partial charge in [-0.3, -0.25) is 9.59 Å². The van der Waals surface area contributed by atoms with Crippen LogP contribution in [0.25, 0.3) is 0 Å². The molecule has 0 bridgehead atoms. The van der Waals surface area contributed by atoms with Crippen molar-refractivity contribution in [3.8, 4) is 0 Å². The molecule has 1 heterocycles. The predicted octanol–water partition coefficient (Wildman–Crippen LogP) is 3.00. The minimum absolute atomic E-state index is 0.00138. The Morgan fingerprint density at radius 1 is 1.18 bits per heavy atom. The van der Waals surface area contributed by atoms with Crippen molar-refractivity contribution in [2.75, 3.05) is 11.4 Å². The molecule has 2 unspecified atom stereocenters. The summed E-state index contributed by atoms with van der Waals surface area (Å²) < 4.78 is 13.3. The van der Waals surface area contributed by atoms with Crippen molar-refractivity contribution in [2.24, 2.45) is 11.8 Å². The fourth-order valence-electron chi connectivity index (χ4n) is 3.65. The van der Waals surface area contributed by atoms with Gasteiger partial charge < -0.3 is 10.0 Å². The van der Waals surface area contributed by atoms with Gasteiger partial charge in [0.05, 0.1) is 5.92 Å². The highest BCUT2D eigenvalue weighted by molar-refractivity contribution is 5.96. The molecule has 4 nitrogen and oxygen atoms in total. The number of carbonyl (C=O) groups excluding carboxylic acids is 1. The van der Waals surface area contributed by atoms with Gasteiger partial charge in [-0.2, -0.15) is 0 Å². The fourth-order valence-corrected chi connectivity index (χ4v) is 3.65. The predicted molar refractivity (Wildman–Crippen MR) is 80.2 cm³/mol. The minimum Gasteiger partial charge on any atom is -0.481 e. The number of anilines is 1. The summed E-state index contributed by atoms with van der Waals surface area (Å²) in [6.45, 7) is 0.631. The van der Waals surface area contributed by atoms with Crippen LogP contribution in [0.2, 0.25) is 0 Å². The zero-order chi connectivity index (χ0) is 15.7. The van der Waals surface area contributed by atoms with Crippen molar-refractivity contribution in [3.05, 3.63) is 29.6 Å². The van der Waals surface area contributed by atoms with Gasteiger partial charge in [-0.1, -0.05) is 6.42 Å². The van der Waals surface area contributed by atoms with E-state index in [1.54, 1.807) is 11.0 Å². The first-order chi connectivity index (χ1) is 10.6. The van der Waals surface area contributed by atoms with Crippen molar-refractivity contribution in [1.29, 1.82) is 0 Å². The van der Waals surface area contributed by atoms with E-state index in [2.05, 4.69) is 0 Å². The van der Waals surface area contributed by atoms with E-state index in [0.717, 1.165) is 36.9 Å². The van der Waals surface area contributed by atoms with E-state index in [-0.39, 0.29) is 17.6 Å². The molecule has 0 aromatic heterocycles. The lowest BCUT2D eigenvalue weighted by Gasteiger charge is -2.34. The van der Waals surface area contributed by atoms with E-state index in [1.165, 1.54) is 12.1 Å². The van der Waals surface area contributed by atoms with Crippen LogP contribution in [-0.2, 0) is 16.0 Å². The molecular weight excluding hydrogens is 285 g/mol. The van der Waals surface area contributed by atoms with E-state index < -0.39 is 11.9 Å². The SMILES string of the molecule is O=C(O)C1CCCC(C(=O)N2CCCc3cc(F)ccc32)C1. The van der Waals surface area contributed by atoms with E-state index >= 15 is 0 Å². The maximum atomic E-state index is 13.3. The largest absolute Gasteiger partial charge is 0.481 e. The number of carboxylic acids is 1. The Kier molecular flexibility index (Phi) is 4.14. The van der Waals surface area contributed by atoms with Gasteiger partial charge in [0, 0.05) is 18.2 Å². The molecule has 1 aromatic carbocycles. The molecule has 1 fully saturated rings. The smallest absolute Gasteiger partial charge is 0.306 e. The molecule has 1 aliphatic carbocycles. The number of aryl methyl sites for hydroxylation is 1. The highest BCUT2D eigenvalue weighted by Crippen LogP contribution is 2.34. The van der Waals surface area contributed by atoms with Crippen LogP contribution in [0.15, 0.2) is 18.2 Å². The number of carbonyl (C=O) groups is 2. The summed E-state index contributed by atoms with van der Waals surface area (Å²) in [6.07, 6.45) is 4.19. The van der Waals surface area contributed by atoms with Crippen LogP contribution < -0.4 is 4.90 Å². The third kappa shape index (κ3) is 2.85. The Bertz CT molecular complexity index is 602. The third-order valence-electron chi connectivity index (χ3n) is 4.80. The normalized spacial score (nSPS) is 24.7. The highest BCUT2D eigenvalue weighted by atomic mass is 19.1. The highest BCUT2D eigenvalue weighted by Gasteiger charge is 2.34. The Morgan fingerprint density at radius 3 is 2.73 bits per heavy atom. The lowest BCUT2D eigenvalue weighted by molar-refractivity contribution is -0.143. The maximum Gasteiger partial charge on any atom is 0.306 e. The molecule has 2 atom stereocenters. The van der Waals surface area contributed by atoms with E-state index in [1.807, 2.05) is 0 Å². The van der Waals surface area contributed by atoms with Gasteiger partial charge in [0.2, 0.25) is 5.91 Å². The Hall–Kier alpha value is -1.91. The Balaban J connectivity index is 1.80. The van der Waals surface area contributed by atoms with Crippen LogP contribution in [-0.4, -0.2) is 23.5 Å². The summed E-state index contributed by atoms with van der Waals surface area (Å²) in [4.78, 5) is 25.7. The number of carboxylic acid groups (broad SMARTS) is 1. The van der Waals surface area contributed by atoms with Crippen LogP contribution in [0.5, 0.6) is 0 Å². The second-order valence-electron chi connectivity index (χ2n) is 6.27. The molecule has 0 saturated heterocycles. The molecule has 1 amide bonds. The molecule has 5 heteroatoms. The summed E-state index contributed by atoms with van der Waals surface area (Å²) >= 11 is 0. The van der Waals surface area contributed by atoms with Gasteiger partial charge in [-0.05, 0) is 55.9 Å². The first-order valence-corrected chi connectivity index (χ1v) is 7.89. The quantitative estimate of drug-likeness (QED) is 0.914. The topological polar surface area (TPSA) is 57.6 Å². The standard InChI is InChI=1S/C17H20FNO3/c18-14-6-7-15-11(10-14)5-2-8-19(15)16(20)12-3-1-4-13(9-12)17(21)22/h6-7,10,12-13H,1-5,8-9H2,(H,21,22). The number of benzene rings is 1. The first-order valence-electron chi connectivity index (χ1n) is 7.89. The van der Waals surface area contributed by atoms with E-state index in [4.69, 9.17) is 5.11 Å². The molecule has 22 heavy (non-hydrogen) atoms. The molecule has 1 saturated carbocycles. The number of aliphatic carboxylic acids is 1.